The summed E-state index contributed by atoms with van der Waals surface area (Å²) in [6.45, 7) is 9.02. The number of nitrogens with zero attached hydrogens (tertiary/aromatic N) is 1. The predicted molar refractivity (Wildman–Crippen MR) is 109 cm³/mol. The second-order valence-corrected chi connectivity index (χ2v) is 7.62. The van der Waals surface area contributed by atoms with E-state index in [4.69, 9.17) is 0 Å². The van der Waals surface area contributed by atoms with Crippen LogP contribution in [0.1, 0.15) is 73.5 Å². The molecule has 2 rings (SSSR count). The van der Waals surface area contributed by atoms with Crippen LogP contribution in [0.3, 0.4) is 0 Å². The SMILES string of the molecule is CCCCCNC(=O)c1cccc(C(=O)Nc2ccccc2C(C)(C)C)n1. The Hall–Kier alpha value is -2.69. The van der Waals surface area contributed by atoms with Crippen molar-refractivity contribution in [3.63, 3.8) is 0 Å². The number of carbonyl (C=O) groups excluding carboxylic acids is 2. The number of anilines is 1. The van der Waals surface area contributed by atoms with Crippen LogP contribution in [0.2, 0.25) is 0 Å². The molecule has 5 heteroatoms. The first-order chi connectivity index (χ1) is 12.8. The van der Waals surface area contributed by atoms with E-state index in [1.807, 2.05) is 24.3 Å². The average Bonchev–Trinajstić information content (AvgIpc) is 2.64. The maximum absolute atomic E-state index is 12.7. The molecule has 0 aliphatic heterocycles. The zero-order valence-corrected chi connectivity index (χ0v) is 16.6. The number of rotatable bonds is 7. The average molecular weight is 367 g/mol. The van der Waals surface area contributed by atoms with E-state index >= 15 is 0 Å². The van der Waals surface area contributed by atoms with Gasteiger partial charge in [0.25, 0.3) is 11.8 Å². The molecule has 144 valence electrons. The smallest absolute Gasteiger partial charge is 0.274 e. The topological polar surface area (TPSA) is 71.1 Å². The number of hydrogen-bond acceptors (Lipinski definition) is 3. The summed E-state index contributed by atoms with van der Waals surface area (Å²) in [5.74, 6) is -0.580. The number of unbranched alkanes of at least 4 members (excludes halogenated alkanes) is 2. The number of aromatic nitrogens is 1. The van der Waals surface area contributed by atoms with Crippen LogP contribution in [0, 0.1) is 0 Å². The summed E-state index contributed by atoms with van der Waals surface area (Å²) in [7, 11) is 0. The highest BCUT2D eigenvalue weighted by molar-refractivity contribution is 6.04. The lowest BCUT2D eigenvalue weighted by atomic mass is 9.86. The number of carbonyl (C=O) groups is 2. The molecular weight excluding hydrogens is 338 g/mol. The molecule has 0 radical (unpaired) electrons. The maximum atomic E-state index is 12.7. The largest absolute Gasteiger partial charge is 0.351 e. The van der Waals surface area contributed by atoms with Gasteiger partial charge in [-0.15, -0.1) is 0 Å². The van der Waals surface area contributed by atoms with E-state index in [0.717, 1.165) is 30.5 Å². The fourth-order valence-electron chi connectivity index (χ4n) is 2.79. The van der Waals surface area contributed by atoms with E-state index in [1.54, 1.807) is 18.2 Å². The van der Waals surface area contributed by atoms with E-state index in [2.05, 4.69) is 43.3 Å². The van der Waals surface area contributed by atoms with Crippen molar-refractivity contribution in [2.45, 2.75) is 52.4 Å². The minimum absolute atomic E-state index is 0.0997. The van der Waals surface area contributed by atoms with Crippen molar-refractivity contribution in [3.8, 4) is 0 Å². The van der Waals surface area contributed by atoms with Crippen LogP contribution in [-0.2, 0) is 5.41 Å². The molecule has 0 bridgehead atoms. The van der Waals surface area contributed by atoms with Gasteiger partial charge >= 0.3 is 0 Å². The third-order valence-electron chi connectivity index (χ3n) is 4.26. The molecule has 27 heavy (non-hydrogen) atoms. The van der Waals surface area contributed by atoms with Gasteiger partial charge in [0, 0.05) is 12.2 Å². The van der Waals surface area contributed by atoms with E-state index in [9.17, 15) is 9.59 Å². The Balaban J connectivity index is 2.11. The van der Waals surface area contributed by atoms with Gasteiger partial charge < -0.3 is 10.6 Å². The molecule has 0 spiro atoms. The van der Waals surface area contributed by atoms with Crippen molar-refractivity contribution in [1.29, 1.82) is 0 Å². The minimum atomic E-state index is -0.327. The Morgan fingerprint density at radius 3 is 2.26 bits per heavy atom. The van der Waals surface area contributed by atoms with Crippen LogP contribution in [0.5, 0.6) is 0 Å². The molecule has 5 nitrogen and oxygen atoms in total. The number of nitrogens with one attached hydrogen (secondary N) is 2. The Labute approximate surface area is 161 Å². The third-order valence-corrected chi connectivity index (χ3v) is 4.26. The van der Waals surface area contributed by atoms with Gasteiger partial charge in [-0.05, 0) is 35.6 Å². The fourth-order valence-corrected chi connectivity index (χ4v) is 2.79. The standard InChI is InChI=1S/C22H29N3O2/c1-5-6-9-15-23-20(26)18-13-10-14-19(24-18)21(27)25-17-12-8-7-11-16(17)22(2,3)4/h7-8,10-14H,5-6,9,15H2,1-4H3,(H,23,26)(H,25,27). The second-order valence-electron chi connectivity index (χ2n) is 7.62. The number of pyridine rings is 1. The number of para-hydroxylation sites is 1. The molecule has 0 unspecified atom stereocenters. The quantitative estimate of drug-likeness (QED) is 0.705. The zero-order chi connectivity index (χ0) is 19.9. The highest BCUT2D eigenvalue weighted by atomic mass is 16.2. The molecule has 2 aromatic rings. The summed E-state index contributed by atoms with van der Waals surface area (Å²) in [4.78, 5) is 29.1. The van der Waals surface area contributed by atoms with Gasteiger partial charge in [0.2, 0.25) is 0 Å². The minimum Gasteiger partial charge on any atom is -0.351 e. The summed E-state index contributed by atoms with van der Waals surface area (Å²) in [5.41, 5.74) is 2.18. The number of benzene rings is 1. The normalized spacial score (nSPS) is 11.1. The summed E-state index contributed by atoms with van der Waals surface area (Å²) in [5, 5.41) is 5.77. The third kappa shape index (κ3) is 5.91. The van der Waals surface area contributed by atoms with Gasteiger partial charge in [0.05, 0.1) is 0 Å². The van der Waals surface area contributed by atoms with E-state index < -0.39 is 0 Å². The van der Waals surface area contributed by atoms with Crippen molar-refractivity contribution in [2.75, 3.05) is 11.9 Å². The van der Waals surface area contributed by atoms with Crippen LogP contribution < -0.4 is 10.6 Å². The highest BCUT2D eigenvalue weighted by Gasteiger charge is 2.19. The summed E-state index contributed by atoms with van der Waals surface area (Å²) in [6, 6.07) is 12.6. The lowest BCUT2D eigenvalue weighted by molar-refractivity contribution is 0.0947. The maximum Gasteiger partial charge on any atom is 0.274 e. The van der Waals surface area contributed by atoms with Gasteiger partial charge in [0.1, 0.15) is 11.4 Å². The molecule has 1 aromatic heterocycles. The molecule has 1 heterocycles. The van der Waals surface area contributed by atoms with Gasteiger partial charge in [-0.25, -0.2) is 4.98 Å². The fraction of sp³-hybridized carbons (Fsp3) is 0.409. The molecule has 0 aliphatic rings. The molecule has 0 atom stereocenters. The van der Waals surface area contributed by atoms with E-state index in [0.29, 0.717) is 6.54 Å². The van der Waals surface area contributed by atoms with Crippen molar-refractivity contribution in [2.24, 2.45) is 0 Å². The second kappa shape index (κ2) is 9.31. The molecule has 2 N–H and O–H groups in total. The monoisotopic (exact) mass is 367 g/mol. The van der Waals surface area contributed by atoms with Crippen molar-refractivity contribution in [3.05, 3.63) is 59.4 Å². The Kier molecular flexibility index (Phi) is 7.11. The van der Waals surface area contributed by atoms with Crippen molar-refractivity contribution in [1.82, 2.24) is 10.3 Å². The molecular formula is C22H29N3O2. The Morgan fingerprint density at radius 1 is 0.926 bits per heavy atom. The highest BCUT2D eigenvalue weighted by Crippen LogP contribution is 2.29. The van der Waals surface area contributed by atoms with Crippen LogP contribution in [0.25, 0.3) is 0 Å². The molecule has 0 aliphatic carbocycles. The van der Waals surface area contributed by atoms with Gasteiger partial charge in [-0.2, -0.15) is 0 Å². The predicted octanol–water partition coefficient (Wildman–Crippen LogP) is 4.55. The summed E-state index contributed by atoms with van der Waals surface area (Å²) < 4.78 is 0. The summed E-state index contributed by atoms with van der Waals surface area (Å²) >= 11 is 0. The van der Waals surface area contributed by atoms with Crippen molar-refractivity contribution >= 4 is 17.5 Å². The van der Waals surface area contributed by atoms with Crippen LogP contribution in [0.4, 0.5) is 5.69 Å². The molecule has 0 saturated heterocycles. The van der Waals surface area contributed by atoms with Gasteiger partial charge in [-0.1, -0.05) is 64.8 Å². The Morgan fingerprint density at radius 2 is 1.59 bits per heavy atom. The first-order valence-corrected chi connectivity index (χ1v) is 9.49. The number of amides is 2. The van der Waals surface area contributed by atoms with Crippen LogP contribution >= 0.6 is 0 Å². The van der Waals surface area contributed by atoms with E-state index in [1.165, 1.54) is 0 Å². The Bertz CT molecular complexity index is 794. The molecule has 1 aromatic carbocycles. The van der Waals surface area contributed by atoms with E-state index in [-0.39, 0.29) is 28.6 Å². The van der Waals surface area contributed by atoms with Crippen LogP contribution in [0.15, 0.2) is 42.5 Å². The molecule has 2 amide bonds. The molecule has 0 saturated carbocycles. The van der Waals surface area contributed by atoms with Crippen LogP contribution in [-0.4, -0.2) is 23.3 Å². The lowest BCUT2D eigenvalue weighted by Crippen LogP contribution is -2.26. The first kappa shape index (κ1) is 20.6. The number of hydrogen-bond donors (Lipinski definition) is 2. The lowest BCUT2D eigenvalue weighted by Gasteiger charge is -2.22. The van der Waals surface area contributed by atoms with Gasteiger partial charge in [0.15, 0.2) is 0 Å². The zero-order valence-electron chi connectivity index (χ0n) is 16.6. The first-order valence-electron chi connectivity index (χ1n) is 9.49. The summed E-state index contributed by atoms with van der Waals surface area (Å²) in [6.07, 6.45) is 3.11. The molecule has 0 fully saturated rings. The van der Waals surface area contributed by atoms with Gasteiger partial charge in [-0.3, -0.25) is 9.59 Å². The van der Waals surface area contributed by atoms with Crippen molar-refractivity contribution < 1.29 is 9.59 Å².